The predicted octanol–water partition coefficient (Wildman–Crippen LogP) is 3.00. The van der Waals surface area contributed by atoms with Gasteiger partial charge in [-0.25, -0.2) is 12.8 Å². The first kappa shape index (κ1) is 16.2. The lowest BCUT2D eigenvalue weighted by molar-refractivity contribution is 0.141. The zero-order chi connectivity index (χ0) is 15.7. The fraction of sp³-hybridized carbons (Fsp3) is 0.600. The number of piperidine rings is 1. The maximum Gasteiger partial charge on any atom is 0.245 e. The van der Waals surface area contributed by atoms with Crippen molar-refractivity contribution >= 4 is 15.7 Å². The van der Waals surface area contributed by atoms with E-state index in [0.29, 0.717) is 13.1 Å². The van der Waals surface area contributed by atoms with Crippen LogP contribution in [-0.4, -0.2) is 25.8 Å². The lowest BCUT2D eigenvalue weighted by atomic mass is 9.75. The van der Waals surface area contributed by atoms with Crippen LogP contribution in [0.15, 0.2) is 23.1 Å². The molecule has 1 aromatic carbocycles. The number of halogens is 1. The van der Waals surface area contributed by atoms with Crippen molar-refractivity contribution in [1.82, 2.24) is 4.31 Å². The van der Waals surface area contributed by atoms with Gasteiger partial charge < -0.3 is 5.73 Å². The highest BCUT2D eigenvalue weighted by atomic mass is 32.2. The Hall–Kier alpha value is -1.14. The zero-order valence-electron chi connectivity index (χ0n) is 12.6. The molecule has 2 N–H and O–H groups in total. The number of hydrogen-bond donors (Lipinski definition) is 1. The fourth-order valence-corrected chi connectivity index (χ4v) is 4.59. The highest BCUT2D eigenvalue weighted by molar-refractivity contribution is 7.89. The van der Waals surface area contributed by atoms with Gasteiger partial charge in [0.15, 0.2) is 0 Å². The quantitative estimate of drug-likeness (QED) is 0.869. The molecule has 0 radical (unpaired) electrons. The molecule has 1 aliphatic heterocycles. The minimum absolute atomic E-state index is 0.00407. The number of anilines is 1. The van der Waals surface area contributed by atoms with Gasteiger partial charge in [-0.15, -0.1) is 0 Å². The Labute approximate surface area is 126 Å². The summed E-state index contributed by atoms with van der Waals surface area (Å²) in [6, 6.07) is 3.44. The van der Waals surface area contributed by atoms with Gasteiger partial charge in [0.2, 0.25) is 10.0 Å². The first-order valence-electron chi connectivity index (χ1n) is 7.40. The number of nitrogen functional groups attached to an aromatic ring is 1. The summed E-state index contributed by atoms with van der Waals surface area (Å²) in [6.45, 7) is 5.32. The highest BCUT2D eigenvalue weighted by Crippen LogP contribution is 2.39. The Kier molecular flexibility index (Phi) is 4.58. The maximum absolute atomic E-state index is 13.1. The first-order chi connectivity index (χ1) is 9.84. The van der Waals surface area contributed by atoms with Crippen LogP contribution in [0.5, 0.6) is 0 Å². The number of benzene rings is 1. The minimum atomic E-state index is -3.63. The van der Waals surface area contributed by atoms with Crippen molar-refractivity contribution in [3.05, 3.63) is 24.0 Å². The Morgan fingerprint density at radius 1 is 1.24 bits per heavy atom. The molecule has 2 rings (SSSR count). The molecule has 0 spiro atoms. The Balaban J connectivity index is 2.22. The molecule has 4 nitrogen and oxygen atoms in total. The zero-order valence-corrected chi connectivity index (χ0v) is 13.4. The SMILES string of the molecule is CCC1(CC)CCN(S(=O)(=O)c2ccc(F)cc2N)CC1. The summed E-state index contributed by atoms with van der Waals surface area (Å²) in [6.07, 6.45) is 3.85. The molecule has 0 saturated carbocycles. The van der Waals surface area contributed by atoms with E-state index in [1.54, 1.807) is 0 Å². The molecule has 0 unspecified atom stereocenters. The van der Waals surface area contributed by atoms with Gasteiger partial charge in [-0.05, 0) is 36.5 Å². The van der Waals surface area contributed by atoms with Gasteiger partial charge >= 0.3 is 0 Å². The Bertz CT molecular complexity index is 602. The van der Waals surface area contributed by atoms with Crippen molar-refractivity contribution in [2.75, 3.05) is 18.8 Å². The van der Waals surface area contributed by atoms with Gasteiger partial charge in [0, 0.05) is 13.1 Å². The third-order valence-electron chi connectivity index (χ3n) is 4.87. The smallest absolute Gasteiger partial charge is 0.245 e. The molecule has 118 valence electrons. The van der Waals surface area contributed by atoms with Crippen molar-refractivity contribution in [1.29, 1.82) is 0 Å². The summed E-state index contributed by atoms with van der Waals surface area (Å²) < 4.78 is 39.8. The van der Waals surface area contributed by atoms with E-state index in [1.807, 2.05) is 0 Å². The van der Waals surface area contributed by atoms with Crippen LogP contribution in [0.2, 0.25) is 0 Å². The van der Waals surface area contributed by atoms with Gasteiger partial charge in [0.1, 0.15) is 10.7 Å². The largest absolute Gasteiger partial charge is 0.398 e. The van der Waals surface area contributed by atoms with Crippen molar-refractivity contribution in [3.8, 4) is 0 Å². The summed E-state index contributed by atoms with van der Waals surface area (Å²) in [7, 11) is -3.63. The van der Waals surface area contributed by atoms with Crippen LogP contribution in [0, 0.1) is 11.2 Å². The third-order valence-corrected chi connectivity index (χ3v) is 6.85. The average Bonchev–Trinajstić information content (AvgIpc) is 2.47. The van der Waals surface area contributed by atoms with E-state index in [2.05, 4.69) is 13.8 Å². The molecule has 0 aromatic heterocycles. The molecular formula is C15H23FN2O2S. The Morgan fingerprint density at radius 2 is 1.81 bits per heavy atom. The lowest BCUT2D eigenvalue weighted by Gasteiger charge is -2.40. The van der Waals surface area contributed by atoms with E-state index >= 15 is 0 Å². The van der Waals surface area contributed by atoms with Crippen LogP contribution < -0.4 is 5.73 Å². The molecule has 1 aromatic rings. The minimum Gasteiger partial charge on any atom is -0.398 e. The molecule has 0 amide bonds. The number of rotatable bonds is 4. The number of sulfonamides is 1. The van der Waals surface area contributed by atoms with E-state index in [9.17, 15) is 12.8 Å². The van der Waals surface area contributed by atoms with Crippen LogP contribution in [0.1, 0.15) is 39.5 Å². The molecule has 0 atom stereocenters. The third kappa shape index (κ3) is 3.06. The lowest BCUT2D eigenvalue weighted by Crippen LogP contribution is -2.42. The average molecular weight is 314 g/mol. The van der Waals surface area contributed by atoms with Crippen LogP contribution in [0.4, 0.5) is 10.1 Å². The van der Waals surface area contributed by atoms with E-state index in [4.69, 9.17) is 5.73 Å². The van der Waals surface area contributed by atoms with Crippen LogP contribution in [-0.2, 0) is 10.0 Å². The van der Waals surface area contributed by atoms with Gasteiger partial charge in [-0.1, -0.05) is 26.7 Å². The molecule has 0 bridgehead atoms. The number of nitrogens with two attached hydrogens (primary N) is 1. The van der Waals surface area contributed by atoms with E-state index in [0.717, 1.165) is 37.8 Å². The predicted molar refractivity (Wildman–Crippen MR) is 81.8 cm³/mol. The van der Waals surface area contributed by atoms with Crippen molar-refractivity contribution in [2.45, 2.75) is 44.4 Å². The molecule has 1 heterocycles. The van der Waals surface area contributed by atoms with Gasteiger partial charge in [-0.3, -0.25) is 0 Å². The Morgan fingerprint density at radius 3 is 2.29 bits per heavy atom. The van der Waals surface area contributed by atoms with E-state index < -0.39 is 15.8 Å². The summed E-state index contributed by atoms with van der Waals surface area (Å²) >= 11 is 0. The van der Waals surface area contributed by atoms with Crippen molar-refractivity contribution in [2.24, 2.45) is 5.41 Å². The van der Waals surface area contributed by atoms with E-state index in [-0.39, 0.29) is 16.0 Å². The molecular weight excluding hydrogens is 291 g/mol. The highest BCUT2D eigenvalue weighted by Gasteiger charge is 2.36. The van der Waals surface area contributed by atoms with E-state index in [1.165, 1.54) is 10.4 Å². The second kappa shape index (κ2) is 5.93. The molecule has 6 heteroatoms. The normalized spacial score (nSPS) is 19.6. The van der Waals surface area contributed by atoms with Crippen molar-refractivity contribution in [3.63, 3.8) is 0 Å². The molecule has 21 heavy (non-hydrogen) atoms. The monoisotopic (exact) mass is 314 g/mol. The number of hydrogen-bond acceptors (Lipinski definition) is 3. The second-order valence-electron chi connectivity index (χ2n) is 5.79. The molecule has 1 fully saturated rings. The second-order valence-corrected chi connectivity index (χ2v) is 7.70. The topological polar surface area (TPSA) is 63.4 Å². The first-order valence-corrected chi connectivity index (χ1v) is 8.84. The molecule has 1 aliphatic rings. The van der Waals surface area contributed by atoms with Crippen LogP contribution in [0.3, 0.4) is 0 Å². The van der Waals surface area contributed by atoms with Crippen LogP contribution >= 0.6 is 0 Å². The number of nitrogens with zero attached hydrogens (tertiary/aromatic N) is 1. The van der Waals surface area contributed by atoms with Crippen molar-refractivity contribution < 1.29 is 12.8 Å². The summed E-state index contributed by atoms with van der Waals surface area (Å²) in [4.78, 5) is 0.00407. The standard InChI is InChI=1S/C15H23FN2O2S/c1-3-15(4-2)7-9-18(10-8-15)21(19,20)14-6-5-12(16)11-13(14)17/h5-6,11H,3-4,7-10,17H2,1-2H3. The fourth-order valence-electron chi connectivity index (χ4n) is 3.05. The molecule has 0 aliphatic carbocycles. The summed E-state index contributed by atoms with van der Waals surface area (Å²) in [5.41, 5.74) is 5.89. The maximum atomic E-state index is 13.1. The van der Waals surface area contributed by atoms with Gasteiger partial charge in [-0.2, -0.15) is 4.31 Å². The van der Waals surface area contributed by atoms with Crippen LogP contribution in [0.25, 0.3) is 0 Å². The van der Waals surface area contributed by atoms with Gasteiger partial charge in [0.25, 0.3) is 0 Å². The summed E-state index contributed by atoms with van der Waals surface area (Å²) in [5.74, 6) is -0.527. The summed E-state index contributed by atoms with van der Waals surface area (Å²) in [5, 5.41) is 0. The van der Waals surface area contributed by atoms with Gasteiger partial charge in [0.05, 0.1) is 5.69 Å². The molecule has 1 saturated heterocycles.